The van der Waals surface area contributed by atoms with Crippen molar-refractivity contribution in [3.63, 3.8) is 0 Å². The third-order valence-corrected chi connectivity index (χ3v) is 3.86. The zero-order chi connectivity index (χ0) is 13.7. The third kappa shape index (κ3) is 3.39. The highest BCUT2D eigenvalue weighted by Gasteiger charge is 2.26. The second kappa shape index (κ2) is 5.94. The zero-order valence-electron chi connectivity index (χ0n) is 11.6. The largest absolute Gasteiger partial charge is 0.497 e. The Morgan fingerprint density at radius 1 is 1.42 bits per heavy atom. The van der Waals surface area contributed by atoms with E-state index in [1.165, 1.54) is 0 Å². The van der Waals surface area contributed by atoms with Crippen LogP contribution < -0.4 is 15.4 Å². The number of rotatable bonds is 4. The first-order chi connectivity index (χ1) is 9.17. The number of ether oxygens (including phenoxy) is 1. The van der Waals surface area contributed by atoms with E-state index in [4.69, 9.17) is 10.00 Å². The molecule has 1 aromatic carbocycles. The van der Waals surface area contributed by atoms with Gasteiger partial charge in [0.1, 0.15) is 11.8 Å². The molecule has 4 nitrogen and oxygen atoms in total. The fourth-order valence-corrected chi connectivity index (χ4v) is 2.41. The van der Waals surface area contributed by atoms with Gasteiger partial charge >= 0.3 is 0 Å². The third-order valence-electron chi connectivity index (χ3n) is 3.86. The lowest BCUT2D eigenvalue weighted by Gasteiger charge is -2.34. The molecule has 0 aliphatic carbocycles. The van der Waals surface area contributed by atoms with Crippen molar-refractivity contribution in [2.45, 2.75) is 19.8 Å². The molecule has 4 heteroatoms. The molecule has 0 unspecified atom stereocenters. The highest BCUT2D eigenvalue weighted by Crippen LogP contribution is 2.29. The lowest BCUT2D eigenvalue weighted by molar-refractivity contribution is 0.247. The van der Waals surface area contributed by atoms with E-state index >= 15 is 0 Å². The number of nitriles is 1. The predicted molar refractivity (Wildman–Crippen MR) is 76.4 cm³/mol. The standard InChI is InChI=1S/C15H21N3O/c1-15(5-7-17-8-6-15)11-18-14-9-13(19-2)4-3-12(14)10-16/h3-4,9,17-18H,5-8,11H2,1-2H3. The summed E-state index contributed by atoms with van der Waals surface area (Å²) in [5, 5.41) is 15.9. The smallest absolute Gasteiger partial charge is 0.121 e. The summed E-state index contributed by atoms with van der Waals surface area (Å²) in [5.41, 5.74) is 1.82. The first-order valence-electron chi connectivity index (χ1n) is 6.70. The Balaban J connectivity index is 2.07. The maximum atomic E-state index is 9.14. The summed E-state index contributed by atoms with van der Waals surface area (Å²) < 4.78 is 5.21. The average molecular weight is 259 g/mol. The topological polar surface area (TPSA) is 57.1 Å². The van der Waals surface area contributed by atoms with E-state index in [1.807, 2.05) is 12.1 Å². The Labute approximate surface area is 114 Å². The molecule has 0 aromatic heterocycles. The molecular formula is C15H21N3O. The van der Waals surface area contributed by atoms with E-state index in [0.717, 1.165) is 43.9 Å². The minimum absolute atomic E-state index is 0.293. The Bertz CT molecular complexity index is 473. The van der Waals surface area contributed by atoms with Crippen LogP contribution in [0.3, 0.4) is 0 Å². The average Bonchev–Trinajstić information content (AvgIpc) is 2.45. The fourth-order valence-electron chi connectivity index (χ4n) is 2.41. The number of nitrogens with one attached hydrogen (secondary N) is 2. The molecule has 2 rings (SSSR count). The normalized spacial score (nSPS) is 17.5. The summed E-state index contributed by atoms with van der Waals surface area (Å²) in [6.07, 6.45) is 2.32. The van der Waals surface area contributed by atoms with Crippen molar-refractivity contribution in [3.8, 4) is 11.8 Å². The van der Waals surface area contributed by atoms with Crippen molar-refractivity contribution < 1.29 is 4.74 Å². The van der Waals surface area contributed by atoms with Gasteiger partial charge in [0.25, 0.3) is 0 Å². The van der Waals surface area contributed by atoms with Gasteiger partial charge < -0.3 is 15.4 Å². The summed E-state index contributed by atoms with van der Waals surface area (Å²) in [6, 6.07) is 7.72. The minimum atomic E-state index is 0.293. The molecule has 1 fully saturated rings. The van der Waals surface area contributed by atoms with Gasteiger partial charge in [0.15, 0.2) is 0 Å². The molecule has 1 heterocycles. The van der Waals surface area contributed by atoms with Crippen LogP contribution in [0.25, 0.3) is 0 Å². The van der Waals surface area contributed by atoms with Crippen LogP contribution in [-0.2, 0) is 0 Å². The molecule has 0 radical (unpaired) electrons. The molecule has 1 saturated heterocycles. The molecule has 0 atom stereocenters. The molecule has 0 bridgehead atoms. The van der Waals surface area contributed by atoms with Crippen LogP contribution >= 0.6 is 0 Å². The Morgan fingerprint density at radius 3 is 2.79 bits per heavy atom. The molecular weight excluding hydrogens is 238 g/mol. The lowest BCUT2D eigenvalue weighted by atomic mass is 9.81. The second-order valence-electron chi connectivity index (χ2n) is 5.44. The summed E-state index contributed by atoms with van der Waals surface area (Å²) in [7, 11) is 1.64. The van der Waals surface area contributed by atoms with Gasteiger partial charge in [-0.25, -0.2) is 0 Å². The quantitative estimate of drug-likeness (QED) is 0.871. The van der Waals surface area contributed by atoms with Crippen LogP contribution in [0, 0.1) is 16.7 Å². The van der Waals surface area contributed by atoms with Crippen molar-refractivity contribution >= 4 is 5.69 Å². The van der Waals surface area contributed by atoms with E-state index in [1.54, 1.807) is 13.2 Å². The first-order valence-corrected chi connectivity index (χ1v) is 6.70. The van der Waals surface area contributed by atoms with Gasteiger partial charge in [-0.1, -0.05) is 6.92 Å². The highest BCUT2D eigenvalue weighted by atomic mass is 16.5. The summed E-state index contributed by atoms with van der Waals surface area (Å²) in [5.74, 6) is 0.775. The fraction of sp³-hybridized carbons (Fsp3) is 0.533. The van der Waals surface area contributed by atoms with Gasteiger partial charge in [0.05, 0.1) is 18.4 Å². The Morgan fingerprint density at radius 2 is 2.16 bits per heavy atom. The van der Waals surface area contributed by atoms with E-state index in [9.17, 15) is 0 Å². The van der Waals surface area contributed by atoms with Gasteiger partial charge in [-0.3, -0.25) is 0 Å². The molecule has 1 aliphatic heterocycles. The highest BCUT2D eigenvalue weighted by molar-refractivity contribution is 5.60. The number of methoxy groups -OCH3 is 1. The van der Waals surface area contributed by atoms with Crippen LogP contribution in [0.4, 0.5) is 5.69 Å². The van der Waals surface area contributed by atoms with Crippen molar-refractivity contribution in [1.82, 2.24) is 5.32 Å². The number of piperidine rings is 1. The van der Waals surface area contributed by atoms with Gasteiger partial charge in [-0.05, 0) is 43.5 Å². The number of hydrogen-bond acceptors (Lipinski definition) is 4. The van der Waals surface area contributed by atoms with Crippen molar-refractivity contribution in [2.24, 2.45) is 5.41 Å². The molecule has 1 aliphatic rings. The van der Waals surface area contributed by atoms with Crippen molar-refractivity contribution in [3.05, 3.63) is 23.8 Å². The first kappa shape index (κ1) is 13.7. The number of hydrogen-bond donors (Lipinski definition) is 2. The van der Waals surface area contributed by atoms with E-state index < -0.39 is 0 Å². The maximum absolute atomic E-state index is 9.14. The van der Waals surface area contributed by atoms with Gasteiger partial charge in [-0.2, -0.15) is 5.26 Å². The Kier molecular flexibility index (Phi) is 4.28. The summed E-state index contributed by atoms with van der Waals surface area (Å²) in [4.78, 5) is 0. The molecule has 1 aromatic rings. The second-order valence-corrected chi connectivity index (χ2v) is 5.44. The summed E-state index contributed by atoms with van der Waals surface area (Å²) >= 11 is 0. The number of nitrogens with zero attached hydrogens (tertiary/aromatic N) is 1. The van der Waals surface area contributed by atoms with Gasteiger partial charge in [0, 0.05) is 12.6 Å². The number of benzene rings is 1. The SMILES string of the molecule is COc1ccc(C#N)c(NCC2(C)CCNCC2)c1. The molecule has 2 N–H and O–H groups in total. The van der Waals surface area contributed by atoms with E-state index in [-0.39, 0.29) is 0 Å². The van der Waals surface area contributed by atoms with E-state index in [2.05, 4.69) is 23.6 Å². The Hall–Kier alpha value is -1.73. The lowest BCUT2D eigenvalue weighted by Crippen LogP contribution is -2.39. The maximum Gasteiger partial charge on any atom is 0.121 e. The summed E-state index contributed by atoms with van der Waals surface area (Å²) in [6.45, 7) is 5.33. The molecule has 0 amide bonds. The molecule has 102 valence electrons. The van der Waals surface area contributed by atoms with Gasteiger partial charge in [-0.15, -0.1) is 0 Å². The predicted octanol–water partition coefficient (Wildman–Crippen LogP) is 2.37. The minimum Gasteiger partial charge on any atom is -0.497 e. The van der Waals surface area contributed by atoms with Crippen molar-refractivity contribution in [2.75, 3.05) is 32.1 Å². The zero-order valence-corrected chi connectivity index (χ0v) is 11.6. The number of anilines is 1. The van der Waals surface area contributed by atoms with E-state index in [0.29, 0.717) is 11.0 Å². The van der Waals surface area contributed by atoms with Crippen LogP contribution in [0.15, 0.2) is 18.2 Å². The monoisotopic (exact) mass is 259 g/mol. The van der Waals surface area contributed by atoms with Crippen LogP contribution in [0.1, 0.15) is 25.3 Å². The molecule has 0 spiro atoms. The molecule has 19 heavy (non-hydrogen) atoms. The van der Waals surface area contributed by atoms with Crippen LogP contribution in [0.2, 0.25) is 0 Å². The van der Waals surface area contributed by atoms with Crippen molar-refractivity contribution in [1.29, 1.82) is 5.26 Å². The van der Waals surface area contributed by atoms with Crippen LogP contribution in [0.5, 0.6) is 5.75 Å². The molecule has 0 saturated carbocycles. The van der Waals surface area contributed by atoms with Crippen LogP contribution in [-0.4, -0.2) is 26.7 Å². The van der Waals surface area contributed by atoms with Gasteiger partial charge in [0.2, 0.25) is 0 Å².